The zero-order chi connectivity index (χ0) is 18.0. The minimum absolute atomic E-state index is 0.0644. The zero-order valence-electron chi connectivity index (χ0n) is 13.7. The molecule has 0 bridgehead atoms. The summed E-state index contributed by atoms with van der Waals surface area (Å²) in [5.41, 5.74) is 0.189. The van der Waals surface area contributed by atoms with Gasteiger partial charge in [-0.2, -0.15) is 0 Å². The molecule has 0 fully saturated rings. The fourth-order valence-corrected chi connectivity index (χ4v) is 2.48. The Kier molecular flexibility index (Phi) is 4.52. The van der Waals surface area contributed by atoms with E-state index >= 15 is 0 Å². The van der Waals surface area contributed by atoms with Crippen molar-refractivity contribution >= 4 is 11.0 Å². The average molecular weight is 342 g/mol. The summed E-state index contributed by atoms with van der Waals surface area (Å²) in [4.78, 5) is 12.3. The zero-order valence-corrected chi connectivity index (χ0v) is 13.7. The molecule has 0 unspecified atom stereocenters. The van der Waals surface area contributed by atoms with E-state index in [9.17, 15) is 20.1 Å². The second kappa shape index (κ2) is 6.76. The van der Waals surface area contributed by atoms with Crippen LogP contribution in [0.3, 0.4) is 0 Å². The van der Waals surface area contributed by atoms with Gasteiger partial charge in [-0.15, -0.1) is 0 Å². The van der Waals surface area contributed by atoms with Gasteiger partial charge in [-0.25, -0.2) is 0 Å². The minimum atomic E-state index is -0.415. The minimum Gasteiger partial charge on any atom is -0.507 e. The van der Waals surface area contributed by atoms with E-state index in [2.05, 4.69) is 0 Å². The molecule has 2 aromatic carbocycles. The first kappa shape index (κ1) is 16.7. The summed E-state index contributed by atoms with van der Waals surface area (Å²) in [5.74, 6) is -0.182. The van der Waals surface area contributed by atoms with E-state index in [0.29, 0.717) is 17.9 Å². The summed E-state index contributed by atoms with van der Waals surface area (Å²) in [7, 11) is 0. The number of phenols is 3. The molecule has 1 aromatic heterocycles. The standard InChI is InChI=1S/C19H18O6/c1-2-3-6-24-12-8-15(22)19-16(23)10-17(25-18(19)9-12)11-4-5-13(20)14(21)7-11/h4-5,7-10,20-22H,2-3,6H2,1H3. The Morgan fingerprint density at radius 2 is 1.80 bits per heavy atom. The van der Waals surface area contributed by atoms with Gasteiger partial charge in [0, 0.05) is 23.8 Å². The second-order valence-electron chi connectivity index (χ2n) is 5.70. The van der Waals surface area contributed by atoms with E-state index in [0.717, 1.165) is 12.8 Å². The van der Waals surface area contributed by atoms with Gasteiger partial charge in [-0.1, -0.05) is 13.3 Å². The number of phenolic OH excluding ortho intramolecular Hbond substituents is 3. The molecule has 0 amide bonds. The molecule has 0 saturated heterocycles. The maximum absolute atomic E-state index is 12.3. The molecule has 0 atom stereocenters. The monoisotopic (exact) mass is 342 g/mol. The van der Waals surface area contributed by atoms with Crippen LogP contribution >= 0.6 is 0 Å². The van der Waals surface area contributed by atoms with Crippen LogP contribution < -0.4 is 10.2 Å². The van der Waals surface area contributed by atoms with Crippen LogP contribution in [0.2, 0.25) is 0 Å². The van der Waals surface area contributed by atoms with Gasteiger partial charge in [0.05, 0.1) is 6.61 Å². The topological polar surface area (TPSA) is 100 Å². The molecule has 6 nitrogen and oxygen atoms in total. The largest absolute Gasteiger partial charge is 0.507 e. The van der Waals surface area contributed by atoms with Gasteiger partial charge >= 0.3 is 0 Å². The molecule has 0 spiro atoms. The van der Waals surface area contributed by atoms with Crippen LogP contribution in [0.15, 0.2) is 45.6 Å². The summed E-state index contributed by atoms with van der Waals surface area (Å²) in [5, 5.41) is 29.2. The highest BCUT2D eigenvalue weighted by Gasteiger charge is 2.14. The van der Waals surface area contributed by atoms with Crippen molar-refractivity contribution in [3.8, 4) is 34.3 Å². The van der Waals surface area contributed by atoms with E-state index < -0.39 is 5.43 Å². The maximum atomic E-state index is 12.3. The Morgan fingerprint density at radius 3 is 2.52 bits per heavy atom. The molecule has 3 aromatic rings. The molecule has 1 heterocycles. The normalized spacial score (nSPS) is 10.9. The highest BCUT2D eigenvalue weighted by molar-refractivity contribution is 5.86. The van der Waals surface area contributed by atoms with Gasteiger partial charge < -0.3 is 24.5 Å². The second-order valence-corrected chi connectivity index (χ2v) is 5.70. The molecule has 3 N–H and O–H groups in total. The lowest BCUT2D eigenvalue weighted by Gasteiger charge is -2.09. The van der Waals surface area contributed by atoms with Crippen molar-refractivity contribution in [3.63, 3.8) is 0 Å². The van der Waals surface area contributed by atoms with Crippen molar-refractivity contribution in [2.75, 3.05) is 6.61 Å². The Hall–Kier alpha value is -3.15. The van der Waals surface area contributed by atoms with E-state index in [4.69, 9.17) is 9.15 Å². The Bertz CT molecular complexity index is 974. The molecule has 0 aliphatic heterocycles. The fraction of sp³-hybridized carbons (Fsp3) is 0.211. The number of unbranched alkanes of at least 4 members (excludes halogenated alkanes) is 1. The van der Waals surface area contributed by atoms with E-state index in [-0.39, 0.29) is 34.0 Å². The van der Waals surface area contributed by atoms with Crippen molar-refractivity contribution in [2.45, 2.75) is 19.8 Å². The molecule has 0 aliphatic carbocycles. The van der Waals surface area contributed by atoms with E-state index in [1.54, 1.807) is 6.07 Å². The van der Waals surface area contributed by atoms with Crippen molar-refractivity contribution in [3.05, 3.63) is 46.6 Å². The van der Waals surface area contributed by atoms with Crippen LogP contribution in [-0.2, 0) is 0 Å². The number of fused-ring (bicyclic) bond motifs is 1. The van der Waals surface area contributed by atoms with Crippen molar-refractivity contribution in [1.29, 1.82) is 0 Å². The summed E-state index contributed by atoms with van der Waals surface area (Å²) in [6.07, 6.45) is 1.85. The fourth-order valence-electron chi connectivity index (χ4n) is 2.48. The van der Waals surface area contributed by atoms with Gasteiger partial charge in [-0.3, -0.25) is 4.79 Å². The third-order valence-electron chi connectivity index (χ3n) is 3.81. The molecule has 6 heteroatoms. The maximum Gasteiger partial charge on any atom is 0.197 e. The van der Waals surface area contributed by atoms with Crippen LogP contribution in [0.1, 0.15) is 19.8 Å². The van der Waals surface area contributed by atoms with E-state index in [1.807, 2.05) is 6.92 Å². The van der Waals surface area contributed by atoms with Crippen LogP contribution in [0.25, 0.3) is 22.3 Å². The van der Waals surface area contributed by atoms with Gasteiger partial charge in [0.25, 0.3) is 0 Å². The first-order valence-electron chi connectivity index (χ1n) is 7.95. The molecule has 0 saturated carbocycles. The summed E-state index contributed by atoms with van der Waals surface area (Å²) >= 11 is 0. The number of hydrogen-bond donors (Lipinski definition) is 3. The third-order valence-corrected chi connectivity index (χ3v) is 3.81. The Morgan fingerprint density at radius 1 is 1.00 bits per heavy atom. The number of aromatic hydroxyl groups is 3. The van der Waals surface area contributed by atoms with Crippen molar-refractivity contribution in [1.82, 2.24) is 0 Å². The highest BCUT2D eigenvalue weighted by atomic mass is 16.5. The lowest BCUT2D eigenvalue weighted by molar-refractivity contribution is 0.308. The molecular formula is C19H18O6. The summed E-state index contributed by atoms with van der Waals surface area (Å²) < 4.78 is 11.3. The predicted molar refractivity (Wildman–Crippen MR) is 93.3 cm³/mol. The molecule has 130 valence electrons. The van der Waals surface area contributed by atoms with E-state index in [1.165, 1.54) is 30.3 Å². The molecular weight excluding hydrogens is 324 g/mol. The first-order chi connectivity index (χ1) is 12.0. The molecule has 3 rings (SSSR count). The van der Waals surface area contributed by atoms with Crippen LogP contribution in [0.4, 0.5) is 0 Å². The number of ether oxygens (including phenoxy) is 1. The summed E-state index contributed by atoms with van der Waals surface area (Å²) in [6.45, 7) is 2.54. The van der Waals surface area contributed by atoms with Gasteiger partial charge in [0.1, 0.15) is 28.2 Å². The average Bonchev–Trinajstić information content (AvgIpc) is 2.57. The van der Waals surface area contributed by atoms with Gasteiger partial charge in [0.2, 0.25) is 0 Å². The highest BCUT2D eigenvalue weighted by Crippen LogP contribution is 2.34. The van der Waals surface area contributed by atoms with Gasteiger partial charge in [-0.05, 0) is 24.6 Å². The predicted octanol–water partition coefficient (Wildman–Crippen LogP) is 3.76. The molecule has 25 heavy (non-hydrogen) atoms. The van der Waals surface area contributed by atoms with Crippen LogP contribution in [0, 0.1) is 0 Å². The summed E-state index contributed by atoms with van der Waals surface area (Å²) in [6, 6.07) is 8.28. The van der Waals surface area contributed by atoms with Crippen LogP contribution in [-0.4, -0.2) is 21.9 Å². The first-order valence-corrected chi connectivity index (χ1v) is 7.95. The quantitative estimate of drug-likeness (QED) is 0.482. The van der Waals surface area contributed by atoms with Crippen LogP contribution in [0.5, 0.6) is 23.0 Å². The van der Waals surface area contributed by atoms with Crippen molar-refractivity contribution in [2.24, 2.45) is 0 Å². The lowest BCUT2D eigenvalue weighted by atomic mass is 10.1. The van der Waals surface area contributed by atoms with Crippen molar-refractivity contribution < 1.29 is 24.5 Å². The third kappa shape index (κ3) is 3.38. The SMILES string of the molecule is CCCCOc1cc(O)c2c(=O)cc(-c3ccc(O)c(O)c3)oc2c1. The lowest BCUT2D eigenvalue weighted by Crippen LogP contribution is -2.02. The molecule has 0 aliphatic rings. The Balaban J connectivity index is 2.09. The number of benzene rings is 2. The smallest absolute Gasteiger partial charge is 0.197 e. The number of hydrogen-bond acceptors (Lipinski definition) is 6. The van der Waals surface area contributed by atoms with Gasteiger partial charge in [0.15, 0.2) is 16.9 Å². The Labute approximate surface area is 143 Å². The number of rotatable bonds is 5. The molecule has 0 radical (unpaired) electrons.